The van der Waals surface area contributed by atoms with Gasteiger partial charge in [-0.25, -0.2) is 9.78 Å². The van der Waals surface area contributed by atoms with Crippen LogP contribution in [-0.4, -0.2) is 40.8 Å². The molecule has 0 saturated heterocycles. The Morgan fingerprint density at radius 1 is 1.32 bits per heavy atom. The summed E-state index contributed by atoms with van der Waals surface area (Å²) in [5, 5.41) is 20.8. The average Bonchev–Trinajstić information content (AvgIpc) is 2.85. The van der Waals surface area contributed by atoms with Crippen molar-refractivity contribution in [3.05, 3.63) is 6.20 Å². The monoisotopic (exact) mass is 332 g/mol. The van der Waals surface area contributed by atoms with E-state index in [2.05, 4.69) is 24.1 Å². The summed E-state index contributed by atoms with van der Waals surface area (Å²) < 4.78 is 10.3. The van der Waals surface area contributed by atoms with Gasteiger partial charge in [-0.1, -0.05) is 31.6 Å². The Morgan fingerprint density at radius 3 is 2.77 bits per heavy atom. The molecule has 0 bridgehead atoms. The highest BCUT2D eigenvalue weighted by molar-refractivity contribution is 7.17. The van der Waals surface area contributed by atoms with E-state index in [0.29, 0.717) is 22.7 Å². The van der Waals surface area contributed by atoms with E-state index in [9.17, 15) is 4.79 Å². The van der Waals surface area contributed by atoms with Gasteiger partial charge in [-0.3, -0.25) is 5.32 Å². The van der Waals surface area contributed by atoms with Gasteiger partial charge in [-0.05, 0) is 18.8 Å². The average molecular weight is 332 g/mol. The maximum atomic E-state index is 11.6. The van der Waals surface area contributed by atoms with Gasteiger partial charge in [0.1, 0.15) is 5.00 Å². The Hall–Kier alpha value is -1.38. The van der Waals surface area contributed by atoms with Gasteiger partial charge in [0.05, 0.1) is 19.4 Å². The zero-order chi connectivity index (χ0) is 16.4. The van der Waals surface area contributed by atoms with Crippen LogP contribution in [0.4, 0.5) is 9.80 Å². The summed E-state index contributed by atoms with van der Waals surface area (Å²) in [5.74, 6) is 0.663. The lowest BCUT2D eigenvalue weighted by Gasteiger charge is -2.06. The number of aromatic nitrogens is 1. The van der Waals surface area contributed by atoms with Crippen molar-refractivity contribution in [1.82, 2.24) is 4.98 Å². The Kier molecular flexibility index (Phi) is 8.79. The lowest BCUT2D eigenvalue weighted by Crippen LogP contribution is -2.13. The summed E-state index contributed by atoms with van der Waals surface area (Å²) in [6.45, 7) is 4.87. The standard InChI is InChI=1S/C14H24N2O5S/c1-10(2)5-3-4-7-20-13(19)16-11-9-15-14(22-11)21-8-6-12(17)18/h9-10,12,17-18H,3-8H2,1-2H3,(H,16,19). The summed E-state index contributed by atoms with van der Waals surface area (Å²) in [4.78, 5) is 15.5. The first-order valence-electron chi connectivity index (χ1n) is 7.36. The molecule has 0 atom stereocenters. The molecule has 7 nitrogen and oxygen atoms in total. The van der Waals surface area contributed by atoms with Gasteiger partial charge in [-0.15, -0.1) is 0 Å². The van der Waals surface area contributed by atoms with Crippen LogP contribution in [0.15, 0.2) is 6.20 Å². The smallest absolute Gasteiger partial charge is 0.412 e. The largest absolute Gasteiger partial charge is 0.470 e. The Labute approximate surface area is 134 Å². The minimum absolute atomic E-state index is 0.0980. The number of nitrogens with one attached hydrogen (secondary N) is 1. The lowest BCUT2D eigenvalue weighted by molar-refractivity contribution is -0.0519. The van der Waals surface area contributed by atoms with Crippen LogP contribution in [0.2, 0.25) is 0 Å². The third-order valence-corrected chi connectivity index (χ3v) is 3.55. The van der Waals surface area contributed by atoms with Crippen molar-refractivity contribution in [2.24, 2.45) is 5.92 Å². The van der Waals surface area contributed by atoms with Crippen LogP contribution in [0.1, 0.15) is 39.5 Å². The molecule has 8 heteroatoms. The zero-order valence-corrected chi connectivity index (χ0v) is 13.8. The van der Waals surface area contributed by atoms with Crippen LogP contribution in [0.5, 0.6) is 5.19 Å². The molecule has 1 amide bonds. The highest BCUT2D eigenvalue weighted by Gasteiger charge is 2.08. The number of aliphatic hydroxyl groups excluding tert-OH is 1. The number of rotatable bonds is 10. The molecule has 0 aliphatic rings. The number of amides is 1. The van der Waals surface area contributed by atoms with E-state index < -0.39 is 12.4 Å². The third-order valence-electron chi connectivity index (χ3n) is 2.72. The molecule has 1 rings (SSSR count). The summed E-state index contributed by atoms with van der Waals surface area (Å²) in [5.41, 5.74) is 0. The van der Waals surface area contributed by atoms with Gasteiger partial charge in [0.15, 0.2) is 6.29 Å². The van der Waals surface area contributed by atoms with E-state index in [1.807, 2.05) is 0 Å². The van der Waals surface area contributed by atoms with E-state index in [0.717, 1.165) is 30.6 Å². The minimum atomic E-state index is -1.40. The van der Waals surface area contributed by atoms with E-state index in [4.69, 9.17) is 19.7 Å². The molecule has 0 radical (unpaired) electrons. The SMILES string of the molecule is CC(C)CCCCOC(=O)Nc1cnc(OCCC(O)O)s1. The fourth-order valence-corrected chi connectivity index (χ4v) is 2.27. The molecule has 0 aromatic carbocycles. The van der Waals surface area contributed by atoms with Gasteiger partial charge in [0.25, 0.3) is 5.19 Å². The fourth-order valence-electron chi connectivity index (χ4n) is 1.59. The highest BCUT2D eigenvalue weighted by Crippen LogP contribution is 2.25. The summed E-state index contributed by atoms with van der Waals surface area (Å²) in [7, 11) is 0. The molecule has 1 aromatic heterocycles. The molecule has 0 spiro atoms. The molecule has 0 aliphatic heterocycles. The van der Waals surface area contributed by atoms with Crippen molar-refractivity contribution in [2.75, 3.05) is 18.5 Å². The predicted molar refractivity (Wildman–Crippen MR) is 84.1 cm³/mol. The van der Waals surface area contributed by atoms with Crippen molar-refractivity contribution in [2.45, 2.75) is 45.8 Å². The van der Waals surface area contributed by atoms with Crippen molar-refractivity contribution >= 4 is 22.4 Å². The second-order valence-corrected chi connectivity index (χ2v) is 6.25. The van der Waals surface area contributed by atoms with Crippen molar-refractivity contribution in [3.8, 4) is 5.19 Å². The third kappa shape index (κ3) is 8.81. The molecular weight excluding hydrogens is 308 g/mol. The van der Waals surface area contributed by atoms with Crippen molar-refractivity contribution in [3.63, 3.8) is 0 Å². The fraction of sp³-hybridized carbons (Fsp3) is 0.714. The van der Waals surface area contributed by atoms with Crippen LogP contribution in [0, 0.1) is 5.92 Å². The number of hydrogen-bond acceptors (Lipinski definition) is 7. The number of nitrogens with zero attached hydrogens (tertiary/aromatic N) is 1. The van der Waals surface area contributed by atoms with E-state index in [1.54, 1.807) is 0 Å². The van der Waals surface area contributed by atoms with Crippen LogP contribution in [0.25, 0.3) is 0 Å². The number of carbonyl (C=O) groups excluding carboxylic acids is 1. The maximum absolute atomic E-state index is 11.6. The van der Waals surface area contributed by atoms with Crippen LogP contribution in [-0.2, 0) is 4.74 Å². The molecular formula is C14H24N2O5S. The molecule has 0 saturated carbocycles. The first-order chi connectivity index (χ1) is 10.5. The molecule has 0 aliphatic carbocycles. The topological polar surface area (TPSA) is 101 Å². The number of hydrogen-bond donors (Lipinski definition) is 3. The van der Waals surface area contributed by atoms with E-state index in [1.165, 1.54) is 6.20 Å². The van der Waals surface area contributed by atoms with Crippen molar-refractivity contribution in [1.29, 1.82) is 0 Å². The summed E-state index contributed by atoms with van der Waals surface area (Å²) >= 11 is 1.15. The van der Waals surface area contributed by atoms with Crippen LogP contribution < -0.4 is 10.1 Å². The van der Waals surface area contributed by atoms with Gasteiger partial charge in [0.2, 0.25) is 0 Å². The molecule has 1 heterocycles. The van der Waals surface area contributed by atoms with Gasteiger partial charge < -0.3 is 19.7 Å². The quantitative estimate of drug-likeness (QED) is 0.450. The highest BCUT2D eigenvalue weighted by atomic mass is 32.1. The number of thiazole rings is 1. The second kappa shape index (κ2) is 10.4. The minimum Gasteiger partial charge on any atom is -0.470 e. The lowest BCUT2D eigenvalue weighted by atomic mass is 10.1. The van der Waals surface area contributed by atoms with Crippen LogP contribution >= 0.6 is 11.3 Å². The molecule has 1 aromatic rings. The number of anilines is 1. The first-order valence-corrected chi connectivity index (χ1v) is 8.17. The summed E-state index contributed by atoms with van der Waals surface area (Å²) in [6.07, 6.45) is 2.68. The molecule has 0 unspecified atom stereocenters. The van der Waals surface area contributed by atoms with Crippen LogP contribution in [0.3, 0.4) is 0 Å². The normalized spacial score (nSPS) is 11.0. The number of ether oxygens (including phenoxy) is 2. The Balaban J connectivity index is 2.17. The van der Waals surface area contributed by atoms with E-state index >= 15 is 0 Å². The molecule has 22 heavy (non-hydrogen) atoms. The number of unbranched alkanes of at least 4 members (excludes halogenated alkanes) is 1. The van der Waals surface area contributed by atoms with Gasteiger partial charge >= 0.3 is 6.09 Å². The Bertz CT molecular complexity index is 437. The van der Waals surface area contributed by atoms with Gasteiger partial charge in [-0.2, -0.15) is 0 Å². The molecule has 3 N–H and O–H groups in total. The molecule has 0 fully saturated rings. The van der Waals surface area contributed by atoms with Gasteiger partial charge in [0, 0.05) is 6.42 Å². The first kappa shape index (κ1) is 18.7. The van der Waals surface area contributed by atoms with Crippen molar-refractivity contribution < 1.29 is 24.5 Å². The molecule has 126 valence electrons. The predicted octanol–water partition coefficient (Wildman–Crippen LogP) is 2.60. The summed E-state index contributed by atoms with van der Waals surface area (Å²) in [6, 6.07) is 0. The number of carbonyl (C=O) groups is 1. The Morgan fingerprint density at radius 2 is 2.09 bits per heavy atom. The van der Waals surface area contributed by atoms with E-state index in [-0.39, 0.29) is 13.0 Å². The number of aliphatic hydroxyl groups is 2. The zero-order valence-electron chi connectivity index (χ0n) is 12.9. The second-order valence-electron chi connectivity index (χ2n) is 5.26. The maximum Gasteiger partial charge on any atom is 0.412 e.